The number of nitro benzene ring substituents is 1. The molecule has 3 aromatic rings. The first kappa shape index (κ1) is 20.6. The predicted octanol–water partition coefficient (Wildman–Crippen LogP) is 4.10. The summed E-state index contributed by atoms with van der Waals surface area (Å²) in [4.78, 5) is 27.7. The number of benzene rings is 2. The van der Waals surface area contributed by atoms with Crippen LogP contribution in [0.15, 0.2) is 53.5 Å². The molecule has 3 rings (SSSR count). The topological polar surface area (TPSA) is 86.7 Å². The smallest absolute Gasteiger partial charge is 0.272 e. The van der Waals surface area contributed by atoms with Crippen LogP contribution in [0.4, 0.5) is 5.69 Å². The number of amides is 1. The van der Waals surface area contributed by atoms with Gasteiger partial charge >= 0.3 is 0 Å². The van der Waals surface area contributed by atoms with E-state index in [1.54, 1.807) is 12.1 Å². The van der Waals surface area contributed by atoms with E-state index < -0.39 is 10.8 Å². The standard InChI is InChI=1S/C21H21N3O4S/c1-3-28-13-12-23-20-15(2)6-4-9-18(20)29-21(23)22-19(25)11-10-16-7-5-8-17(14-16)24(26)27/h4-11,14H,3,12-13H2,1-2H3/b11-10+,22-21?. The number of carbonyl (C=O) groups is 1. The number of ether oxygens (including phenoxy) is 1. The Morgan fingerprint density at radius 3 is 2.86 bits per heavy atom. The minimum absolute atomic E-state index is 0.0229. The molecule has 1 aromatic heterocycles. The predicted molar refractivity (Wildman–Crippen MR) is 114 cm³/mol. The summed E-state index contributed by atoms with van der Waals surface area (Å²) >= 11 is 1.45. The SMILES string of the molecule is CCOCCn1c(=NC(=O)/C=C/c2cccc([N+](=O)[O-])c2)sc2cccc(C)c21. The summed E-state index contributed by atoms with van der Waals surface area (Å²) in [5, 5.41) is 10.9. The molecule has 1 heterocycles. The second kappa shape index (κ2) is 9.40. The van der Waals surface area contributed by atoms with Crippen LogP contribution < -0.4 is 4.80 Å². The van der Waals surface area contributed by atoms with Gasteiger partial charge < -0.3 is 9.30 Å². The van der Waals surface area contributed by atoms with Crippen molar-refractivity contribution < 1.29 is 14.5 Å². The Hall–Kier alpha value is -3.10. The minimum atomic E-state index is -0.468. The van der Waals surface area contributed by atoms with Crippen molar-refractivity contribution in [3.8, 4) is 0 Å². The first-order chi connectivity index (χ1) is 14.0. The van der Waals surface area contributed by atoms with Crippen LogP contribution in [-0.2, 0) is 16.1 Å². The van der Waals surface area contributed by atoms with Crippen molar-refractivity contribution in [1.29, 1.82) is 0 Å². The fourth-order valence-electron chi connectivity index (χ4n) is 2.94. The molecule has 7 nitrogen and oxygen atoms in total. The highest BCUT2D eigenvalue weighted by Crippen LogP contribution is 2.21. The summed E-state index contributed by atoms with van der Waals surface area (Å²) in [5.41, 5.74) is 2.70. The van der Waals surface area contributed by atoms with Crippen molar-refractivity contribution in [3.63, 3.8) is 0 Å². The third-order valence-corrected chi connectivity index (χ3v) is 5.31. The van der Waals surface area contributed by atoms with Crippen LogP contribution in [0.5, 0.6) is 0 Å². The highest BCUT2D eigenvalue weighted by Gasteiger charge is 2.09. The summed E-state index contributed by atoms with van der Waals surface area (Å²) in [6, 6.07) is 12.1. The zero-order valence-electron chi connectivity index (χ0n) is 16.2. The highest BCUT2D eigenvalue weighted by molar-refractivity contribution is 7.16. The fraction of sp³-hybridized carbons (Fsp3) is 0.238. The van der Waals surface area contributed by atoms with Gasteiger partial charge in [0.2, 0.25) is 0 Å². The van der Waals surface area contributed by atoms with Crippen LogP contribution in [0.1, 0.15) is 18.1 Å². The van der Waals surface area contributed by atoms with Gasteiger partial charge in [0, 0.05) is 31.4 Å². The molecule has 150 valence electrons. The third-order valence-electron chi connectivity index (χ3n) is 4.27. The Labute approximate surface area is 171 Å². The Balaban J connectivity index is 1.93. The van der Waals surface area contributed by atoms with Crippen LogP contribution in [-0.4, -0.2) is 28.6 Å². The Morgan fingerprint density at radius 1 is 1.31 bits per heavy atom. The van der Waals surface area contributed by atoms with Gasteiger partial charge in [0.25, 0.3) is 11.6 Å². The molecule has 0 radical (unpaired) electrons. The number of carbonyl (C=O) groups excluding carboxylic acids is 1. The lowest BCUT2D eigenvalue weighted by Gasteiger charge is -2.07. The minimum Gasteiger partial charge on any atom is -0.380 e. The number of fused-ring (bicyclic) bond motifs is 1. The van der Waals surface area contributed by atoms with E-state index in [9.17, 15) is 14.9 Å². The van der Waals surface area contributed by atoms with E-state index >= 15 is 0 Å². The third kappa shape index (κ3) is 5.04. The highest BCUT2D eigenvalue weighted by atomic mass is 32.1. The number of aromatic nitrogens is 1. The average Bonchev–Trinajstić information content (AvgIpc) is 3.05. The Morgan fingerprint density at radius 2 is 2.10 bits per heavy atom. The van der Waals surface area contributed by atoms with E-state index in [0.29, 0.717) is 30.1 Å². The van der Waals surface area contributed by atoms with Crippen molar-refractivity contribution in [3.05, 3.63) is 74.6 Å². The van der Waals surface area contributed by atoms with Gasteiger partial charge in [-0.15, -0.1) is 0 Å². The summed E-state index contributed by atoms with van der Waals surface area (Å²) in [7, 11) is 0. The summed E-state index contributed by atoms with van der Waals surface area (Å²) in [6.45, 7) is 5.72. The molecule has 0 aliphatic rings. The van der Waals surface area contributed by atoms with Crippen LogP contribution >= 0.6 is 11.3 Å². The molecule has 0 N–H and O–H groups in total. The number of nitro groups is 1. The lowest BCUT2D eigenvalue weighted by molar-refractivity contribution is -0.384. The second-order valence-electron chi connectivity index (χ2n) is 6.29. The number of hydrogen-bond acceptors (Lipinski definition) is 5. The molecular formula is C21H21N3O4S. The number of para-hydroxylation sites is 1. The normalized spacial score (nSPS) is 12.1. The second-order valence-corrected chi connectivity index (χ2v) is 7.30. The molecule has 0 saturated carbocycles. The van der Waals surface area contributed by atoms with Crippen LogP contribution in [0.2, 0.25) is 0 Å². The van der Waals surface area contributed by atoms with Gasteiger partial charge in [0.1, 0.15) is 0 Å². The molecular weight excluding hydrogens is 390 g/mol. The largest absolute Gasteiger partial charge is 0.380 e. The fourth-order valence-corrected chi connectivity index (χ4v) is 4.08. The molecule has 0 spiro atoms. The Bertz CT molecular complexity index is 1140. The molecule has 29 heavy (non-hydrogen) atoms. The summed E-state index contributed by atoms with van der Waals surface area (Å²) in [5.74, 6) is -0.425. The Kier molecular flexibility index (Phi) is 6.69. The molecule has 0 bridgehead atoms. The molecule has 0 unspecified atom stereocenters. The van der Waals surface area contributed by atoms with E-state index in [1.165, 1.54) is 35.6 Å². The van der Waals surface area contributed by atoms with Crippen molar-refractivity contribution in [2.45, 2.75) is 20.4 Å². The van der Waals surface area contributed by atoms with Crippen molar-refractivity contribution >= 4 is 39.2 Å². The molecule has 1 amide bonds. The van der Waals surface area contributed by atoms with Gasteiger partial charge in [-0.25, -0.2) is 0 Å². The van der Waals surface area contributed by atoms with Crippen molar-refractivity contribution in [2.24, 2.45) is 4.99 Å². The van der Waals surface area contributed by atoms with Gasteiger partial charge in [-0.3, -0.25) is 14.9 Å². The maximum absolute atomic E-state index is 12.4. The zero-order chi connectivity index (χ0) is 20.8. The molecule has 0 atom stereocenters. The van der Waals surface area contributed by atoms with Crippen LogP contribution in [0.25, 0.3) is 16.3 Å². The van der Waals surface area contributed by atoms with Crippen LogP contribution in [0.3, 0.4) is 0 Å². The van der Waals surface area contributed by atoms with Crippen LogP contribution in [0, 0.1) is 17.0 Å². The lowest BCUT2D eigenvalue weighted by atomic mass is 10.2. The molecule has 0 fully saturated rings. The summed E-state index contributed by atoms with van der Waals surface area (Å²) in [6.07, 6.45) is 2.85. The number of non-ortho nitro benzene ring substituents is 1. The molecule has 8 heteroatoms. The first-order valence-electron chi connectivity index (χ1n) is 9.17. The molecule has 2 aromatic carbocycles. The van der Waals surface area contributed by atoms with Gasteiger partial charge in [-0.05, 0) is 37.1 Å². The number of thiazole rings is 1. The average molecular weight is 411 g/mol. The first-order valence-corrected chi connectivity index (χ1v) is 9.99. The quantitative estimate of drug-likeness (QED) is 0.253. The van der Waals surface area contributed by atoms with Crippen molar-refractivity contribution in [1.82, 2.24) is 4.57 Å². The molecule has 0 aliphatic heterocycles. The van der Waals surface area contributed by atoms with Gasteiger partial charge in [-0.2, -0.15) is 4.99 Å². The van der Waals surface area contributed by atoms with E-state index in [4.69, 9.17) is 4.74 Å². The van der Waals surface area contributed by atoms with E-state index in [0.717, 1.165) is 15.8 Å². The number of rotatable bonds is 7. The van der Waals surface area contributed by atoms with E-state index in [2.05, 4.69) is 4.99 Å². The van der Waals surface area contributed by atoms with Crippen molar-refractivity contribution in [2.75, 3.05) is 13.2 Å². The van der Waals surface area contributed by atoms with E-state index in [1.807, 2.05) is 36.6 Å². The maximum atomic E-state index is 12.4. The maximum Gasteiger partial charge on any atom is 0.272 e. The molecule has 0 saturated heterocycles. The van der Waals surface area contributed by atoms with Gasteiger partial charge in [0.15, 0.2) is 4.80 Å². The van der Waals surface area contributed by atoms with Gasteiger partial charge in [-0.1, -0.05) is 35.6 Å². The zero-order valence-corrected chi connectivity index (χ0v) is 17.0. The monoisotopic (exact) mass is 411 g/mol. The summed E-state index contributed by atoms with van der Waals surface area (Å²) < 4.78 is 8.54. The van der Waals surface area contributed by atoms with Gasteiger partial charge in [0.05, 0.1) is 21.7 Å². The lowest BCUT2D eigenvalue weighted by Crippen LogP contribution is -2.19. The number of aryl methyl sites for hydroxylation is 1. The number of nitrogens with zero attached hydrogens (tertiary/aromatic N) is 3. The number of hydrogen-bond donors (Lipinski definition) is 0. The molecule has 0 aliphatic carbocycles. The van der Waals surface area contributed by atoms with E-state index in [-0.39, 0.29) is 5.69 Å².